The summed E-state index contributed by atoms with van der Waals surface area (Å²) in [4.78, 5) is 10.8. The number of carbonyl (C=O) groups is 1. The molecule has 0 aliphatic carbocycles. The second-order valence-electron chi connectivity index (χ2n) is 2.38. The van der Waals surface area contributed by atoms with E-state index in [9.17, 15) is 4.79 Å². The number of Topliss-reactive ketones (excluding diaryl/α,β-unsaturated/α-hetero) is 1. The van der Waals surface area contributed by atoms with E-state index in [1.807, 2.05) is 18.9 Å². The van der Waals surface area contributed by atoms with E-state index in [0.29, 0.717) is 5.71 Å². The Bertz CT molecular complexity index is 159. The van der Waals surface area contributed by atoms with Crippen molar-refractivity contribution in [2.24, 2.45) is 5.10 Å². The fourth-order valence-electron chi connectivity index (χ4n) is 0.648. The number of hydrogen-bond donors (Lipinski definition) is 0. The number of rotatable bonds is 4. The minimum absolute atomic E-state index is 0.0388. The van der Waals surface area contributed by atoms with Crippen LogP contribution in [0.5, 0.6) is 0 Å². The molecule has 0 rings (SSSR count). The van der Waals surface area contributed by atoms with Crippen LogP contribution in [0.1, 0.15) is 27.7 Å². The molecule has 0 saturated carbocycles. The van der Waals surface area contributed by atoms with Crippen molar-refractivity contribution in [2.75, 3.05) is 13.1 Å². The lowest BCUT2D eigenvalue weighted by molar-refractivity contribution is -0.111. The maximum Gasteiger partial charge on any atom is 0.175 e. The summed E-state index contributed by atoms with van der Waals surface area (Å²) in [6.45, 7) is 8.99. The number of hydrazone groups is 1. The van der Waals surface area contributed by atoms with Gasteiger partial charge in [-0.3, -0.25) is 9.80 Å². The molecule has 11 heavy (non-hydrogen) atoms. The Hall–Kier alpha value is -0.860. The van der Waals surface area contributed by atoms with E-state index in [4.69, 9.17) is 0 Å². The summed E-state index contributed by atoms with van der Waals surface area (Å²) in [5.74, 6) is 0.0388. The van der Waals surface area contributed by atoms with Crippen LogP contribution in [0, 0.1) is 0 Å². The summed E-state index contributed by atoms with van der Waals surface area (Å²) in [6, 6.07) is 0. The number of ketones is 1. The van der Waals surface area contributed by atoms with Gasteiger partial charge in [-0.25, -0.2) is 0 Å². The molecule has 3 nitrogen and oxygen atoms in total. The Balaban J connectivity index is 4.14. The predicted molar refractivity (Wildman–Crippen MR) is 46.7 cm³/mol. The van der Waals surface area contributed by atoms with Crippen molar-refractivity contribution in [3.05, 3.63) is 0 Å². The minimum Gasteiger partial charge on any atom is -0.297 e. The average molecular weight is 156 g/mol. The number of nitrogens with zero attached hydrogens (tertiary/aromatic N) is 2. The Morgan fingerprint density at radius 3 is 2.00 bits per heavy atom. The molecule has 0 bridgehead atoms. The van der Waals surface area contributed by atoms with Crippen LogP contribution in [0.4, 0.5) is 0 Å². The van der Waals surface area contributed by atoms with Crippen LogP contribution < -0.4 is 0 Å². The lowest BCUT2D eigenvalue weighted by Crippen LogP contribution is -2.20. The molecule has 0 spiro atoms. The van der Waals surface area contributed by atoms with E-state index in [2.05, 4.69) is 5.10 Å². The molecule has 64 valence electrons. The summed E-state index contributed by atoms with van der Waals surface area (Å²) in [5, 5.41) is 5.97. The van der Waals surface area contributed by atoms with Crippen molar-refractivity contribution < 1.29 is 4.79 Å². The van der Waals surface area contributed by atoms with Crippen molar-refractivity contribution in [1.82, 2.24) is 5.01 Å². The van der Waals surface area contributed by atoms with Crippen LogP contribution in [-0.4, -0.2) is 29.6 Å². The topological polar surface area (TPSA) is 32.7 Å². The van der Waals surface area contributed by atoms with Crippen LogP contribution in [0.25, 0.3) is 0 Å². The van der Waals surface area contributed by atoms with Crippen molar-refractivity contribution in [2.45, 2.75) is 27.7 Å². The van der Waals surface area contributed by atoms with Gasteiger partial charge in [0.05, 0.1) is 5.71 Å². The van der Waals surface area contributed by atoms with Gasteiger partial charge in [0.15, 0.2) is 5.78 Å². The second kappa shape index (κ2) is 4.88. The number of hydrogen-bond acceptors (Lipinski definition) is 3. The van der Waals surface area contributed by atoms with Gasteiger partial charge < -0.3 is 0 Å². The Kier molecular flexibility index (Phi) is 4.50. The largest absolute Gasteiger partial charge is 0.297 e. The maximum atomic E-state index is 10.8. The first-order valence-electron chi connectivity index (χ1n) is 3.92. The zero-order chi connectivity index (χ0) is 8.85. The minimum atomic E-state index is 0.0388. The molecule has 0 aromatic rings. The molecule has 3 heteroatoms. The van der Waals surface area contributed by atoms with Gasteiger partial charge >= 0.3 is 0 Å². The highest BCUT2D eigenvalue weighted by atomic mass is 16.1. The second-order valence-corrected chi connectivity index (χ2v) is 2.38. The molecule has 0 heterocycles. The molecular formula is C8H16N2O. The summed E-state index contributed by atoms with van der Waals surface area (Å²) in [6.07, 6.45) is 0. The zero-order valence-corrected chi connectivity index (χ0v) is 7.72. The molecule has 0 aromatic carbocycles. The van der Waals surface area contributed by atoms with Crippen LogP contribution in [0.3, 0.4) is 0 Å². The predicted octanol–water partition coefficient (Wildman–Crippen LogP) is 1.29. The van der Waals surface area contributed by atoms with Gasteiger partial charge in [-0.15, -0.1) is 0 Å². The lowest BCUT2D eigenvalue weighted by atomic mass is 10.3. The van der Waals surface area contributed by atoms with Crippen molar-refractivity contribution >= 4 is 11.5 Å². The molecule has 0 atom stereocenters. The average Bonchev–Trinajstić information content (AvgIpc) is 1.99. The highest BCUT2D eigenvalue weighted by Crippen LogP contribution is 1.90. The van der Waals surface area contributed by atoms with Gasteiger partial charge in [0.2, 0.25) is 0 Å². The van der Waals surface area contributed by atoms with Gasteiger partial charge in [0.25, 0.3) is 0 Å². The third-order valence-electron chi connectivity index (χ3n) is 1.53. The highest BCUT2D eigenvalue weighted by molar-refractivity contribution is 6.37. The first kappa shape index (κ1) is 10.1. The van der Waals surface area contributed by atoms with E-state index in [0.717, 1.165) is 13.1 Å². The summed E-state index contributed by atoms with van der Waals surface area (Å²) < 4.78 is 0. The monoisotopic (exact) mass is 156 g/mol. The third kappa shape index (κ3) is 3.75. The number of carbonyl (C=O) groups excluding carboxylic acids is 1. The molecular weight excluding hydrogens is 140 g/mol. The highest BCUT2D eigenvalue weighted by Gasteiger charge is 1.99. The molecule has 0 aliphatic rings. The van der Waals surface area contributed by atoms with Gasteiger partial charge in [-0.2, -0.15) is 5.10 Å². The molecule has 0 N–H and O–H groups in total. The first-order chi connectivity index (χ1) is 5.11. The summed E-state index contributed by atoms with van der Waals surface area (Å²) in [5.41, 5.74) is 0.578. The van der Waals surface area contributed by atoms with Crippen molar-refractivity contribution in [3.8, 4) is 0 Å². The maximum absolute atomic E-state index is 10.8. The molecule has 0 saturated heterocycles. The quantitative estimate of drug-likeness (QED) is 0.454. The van der Waals surface area contributed by atoms with Crippen LogP contribution >= 0.6 is 0 Å². The van der Waals surface area contributed by atoms with Gasteiger partial charge in [0, 0.05) is 20.0 Å². The normalized spacial score (nSPS) is 11.5. The van der Waals surface area contributed by atoms with Crippen molar-refractivity contribution in [3.63, 3.8) is 0 Å². The molecule has 0 unspecified atom stereocenters. The Morgan fingerprint density at radius 1 is 1.27 bits per heavy atom. The molecule has 0 aromatic heterocycles. The van der Waals surface area contributed by atoms with Crippen LogP contribution in [0.2, 0.25) is 0 Å². The molecule has 0 aliphatic heterocycles. The summed E-state index contributed by atoms with van der Waals surface area (Å²) in [7, 11) is 0. The van der Waals surface area contributed by atoms with Crippen molar-refractivity contribution in [1.29, 1.82) is 0 Å². The Morgan fingerprint density at radius 2 is 1.73 bits per heavy atom. The van der Waals surface area contributed by atoms with E-state index in [-0.39, 0.29) is 5.78 Å². The van der Waals surface area contributed by atoms with E-state index >= 15 is 0 Å². The fourth-order valence-corrected chi connectivity index (χ4v) is 0.648. The van der Waals surface area contributed by atoms with Gasteiger partial charge in [-0.05, 0) is 20.8 Å². The van der Waals surface area contributed by atoms with E-state index in [1.54, 1.807) is 6.92 Å². The van der Waals surface area contributed by atoms with Gasteiger partial charge in [-0.1, -0.05) is 0 Å². The van der Waals surface area contributed by atoms with E-state index in [1.165, 1.54) is 6.92 Å². The standard InChI is InChI=1S/C8H16N2O/c1-5-10(6-2)9-7(3)8(4)11/h5-6H2,1-4H3/b9-7+. The third-order valence-corrected chi connectivity index (χ3v) is 1.53. The smallest absolute Gasteiger partial charge is 0.175 e. The molecule has 0 fully saturated rings. The first-order valence-corrected chi connectivity index (χ1v) is 3.92. The van der Waals surface area contributed by atoms with Crippen LogP contribution in [-0.2, 0) is 4.79 Å². The molecule has 0 radical (unpaired) electrons. The van der Waals surface area contributed by atoms with Crippen LogP contribution in [0.15, 0.2) is 5.10 Å². The van der Waals surface area contributed by atoms with Gasteiger partial charge in [0.1, 0.15) is 0 Å². The summed E-state index contributed by atoms with van der Waals surface area (Å²) >= 11 is 0. The fraction of sp³-hybridized carbons (Fsp3) is 0.750. The lowest BCUT2D eigenvalue weighted by Gasteiger charge is -2.14. The zero-order valence-electron chi connectivity index (χ0n) is 7.72. The van der Waals surface area contributed by atoms with E-state index < -0.39 is 0 Å². The molecule has 0 amide bonds. The Labute approximate surface area is 68.1 Å². The SMILES string of the molecule is CCN(CC)/N=C(\C)C(C)=O.